The van der Waals surface area contributed by atoms with E-state index in [2.05, 4.69) is 34.5 Å². The van der Waals surface area contributed by atoms with Crippen LogP contribution in [0.25, 0.3) is 0 Å². The molecule has 0 saturated carbocycles. The third-order valence-electron chi connectivity index (χ3n) is 5.57. The number of nitrogens with two attached hydrogens (primary N) is 1. The van der Waals surface area contributed by atoms with Crippen molar-refractivity contribution in [3.63, 3.8) is 0 Å². The quantitative estimate of drug-likeness (QED) is 0.673. The Morgan fingerprint density at radius 3 is 2.55 bits per heavy atom. The number of nitrogens with zero attached hydrogens (tertiary/aromatic N) is 1. The number of nitrogens with one attached hydrogen (secondary N) is 1. The molecule has 0 aromatic heterocycles. The van der Waals surface area contributed by atoms with E-state index in [4.69, 9.17) is 5.73 Å². The number of nitrogen functional groups attached to an aromatic ring is 1. The Morgan fingerprint density at radius 2 is 1.83 bits per heavy atom. The van der Waals surface area contributed by atoms with Crippen LogP contribution in [0.5, 0.6) is 0 Å². The molecule has 1 saturated heterocycles. The van der Waals surface area contributed by atoms with Crippen molar-refractivity contribution in [2.45, 2.75) is 31.3 Å². The van der Waals surface area contributed by atoms with Gasteiger partial charge >= 0.3 is 0 Å². The molecular weight excluding hydrogens is 425 g/mol. The van der Waals surface area contributed by atoms with Gasteiger partial charge in [0.15, 0.2) is 0 Å². The summed E-state index contributed by atoms with van der Waals surface area (Å²) in [6, 6.07) is 16.1. The SMILES string of the molecule is Cl.Cl.Nc1ccc2c(c1)CCCC2NC(=O)C(c1ccccc1)N1CCSCC1. The number of carbonyl (C=O) groups excluding carboxylic acids is 1. The number of anilines is 1. The molecular formula is C22H29Cl2N3OS. The zero-order chi connectivity index (χ0) is 18.6. The summed E-state index contributed by atoms with van der Waals surface area (Å²) < 4.78 is 0. The maximum Gasteiger partial charge on any atom is 0.242 e. The normalized spacial score (nSPS) is 19.8. The number of hydrogen-bond donors (Lipinski definition) is 2. The Hall–Kier alpha value is -1.40. The second-order valence-corrected chi connectivity index (χ2v) is 8.60. The van der Waals surface area contributed by atoms with Gasteiger partial charge in [0.05, 0.1) is 6.04 Å². The summed E-state index contributed by atoms with van der Waals surface area (Å²) in [5, 5.41) is 3.36. The molecule has 0 radical (unpaired) electrons. The number of benzene rings is 2. The molecule has 7 heteroatoms. The van der Waals surface area contributed by atoms with E-state index in [-0.39, 0.29) is 42.8 Å². The van der Waals surface area contributed by atoms with Gasteiger partial charge in [0.2, 0.25) is 5.91 Å². The Labute approximate surface area is 189 Å². The van der Waals surface area contributed by atoms with Crippen molar-refractivity contribution in [2.75, 3.05) is 30.3 Å². The van der Waals surface area contributed by atoms with Gasteiger partial charge in [-0.3, -0.25) is 9.69 Å². The van der Waals surface area contributed by atoms with Crippen molar-refractivity contribution in [1.29, 1.82) is 0 Å². The van der Waals surface area contributed by atoms with Gasteiger partial charge in [-0.05, 0) is 48.1 Å². The van der Waals surface area contributed by atoms with Crippen LogP contribution in [0.1, 0.15) is 41.6 Å². The van der Waals surface area contributed by atoms with Crippen molar-refractivity contribution in [3.05, 3.63) is 65.2 Å². The first-order valence-electron chi connectivity index (χ1n) is 9.78. The smallest absolute Gasteiger partial charge is 0.242 e. The summed E-state index contributed by atoms with van der Waals surface area (Å²) >= 11 is 1.97. The summed E-state index contributed by atoms with van der Waals surface area (Å²) in [5.41, 5.74) is 10.3. The highest BCUT2D eigenvalue weighted by Gasteiger charge is 2.31. The number of halogens is 2. The molecule has 3 N–H and O–H groups in total. The molecule has 2 aliphatic rings. The first-order valence-corrected chi connectivity index (χ1v) is 10.9. The third kappa shape index (κ3) is 5.60. The largest absolute Gasteiger partial charge is 0.399 e. The van der Waals surface area contributed by atoms with E-state index in [1.807, 2.05) is 36.0 Å². The van der Waals surface area contributed by atoms with E-state index in [0.717, 1.165) is 55.1 Å². The van der Waals surface area contributed by atoms with Crippen LogP contribution in [0, 0.1) is 0 Å². The number of fused-ring (bicyclic) bond motifs is 1. The van der Waals surface area contributed by atoms with Gasteiger partial charge in [0, 0.05) is 30.3 Å². The van der Waals surface area contributed by atoms with Gasteiger partial charge in [0.1, 0.15) is 6.04 Å². The van der Waals surface area contributed by atoms with Crippen molar-refractivity contribution >= 4 is 48.2 Å². The van der Waals surface area contributed by atoms with Crippen LogP contribution in [-0.4, -0.2) is 35.4 Å². The van der Waals surface area contributed by atoms with Crippen LogP contribution in [-0.2, 0) is 11.2 Å². The summed E-state index contributed by atoms with van der Waals surface area (Å²) in [7, 11) is 0. The average Bonchev–Trinajstić information content (AvgIpc) is 2.70. The molecule has 29 heavy (non-hydrogen) atoms. The summed E-state index contributed by atoms with van der Waals surface area (Å²) in [4.78, 5) is 15.7. The molecule has 1 fully saturated rings. The molecule has 2 aromatic rings. The van der Waals surface area contributed by atoms with Gasteiger partial charge in [-0.25, -0.2) is 0 Å². The number of rotatable bonds is 4. The molecule has 4 nitrogen and oxygen atoms in total. The van der Waals surface area contributed by atoms with E-state index >= 15 is 0 Å². The van der Waals surface area contributed by atoms with Crippen molar-refractivity contribution in [2.24, 2.45) is 0 Å². The fraction of sp³-hybridized carbons (Fsp3) is 0.409. The Balaban J connectivity index is 0.00000150. The Bertz CT molecular complexity index is 800. The lowest BCUT2D eigenvalue weighted by molar-refractivity contribution is -0.127. The maximum atomic E-state index is 13.4. The zero-order valence-electron chi connectivity index (χ0n) is 16.4. The van der Waals surface area contributed by atoms with E-state index < -0.39 is 0 Å². The molecule has 0 spiro atoms. The van der Waals surface area contributed by atoms with Gasteiger partial charge < -0.3 is 11.1 Å². The second kappa shape index (κ2) is 11.1. The highest BCUT2D eigenvalue weighted by atomic mass is 35.5. The van der Waals surface area contributed by atoms with Crippen molar-refractivity contribution in [3.8, 4) is 0 Å². The van der Waals surface area contributed by atoms with Crippen molar-refractivity contribution in [1.82, 2.24) is 10.2 Å². The first kappa shape index (κ1) is 23.9. The fourth-order valence-electron chi connectivity index (χ4n) is 4.23. The van der Waals surface area contributed by atoms with Crippen molar-refractivity contribution < 1.29 is 4.79 Å². The molecule has 1 aliphatic carbocycles. The molecule has 2 atom stereocenters. The minimum atomic E-state index is -0.216. The third-order valence-corrected chi connectivity index (χ3v) is 6.51. The minimum Gasteiger partial charge on any atom is -0.399 e. The lowest BCUT2D eigenvalue weighted by atomic mass is 9.87. The number of amides is 1. The Kier molecular flexibility index (Phi) is 9.15. The predicted octanol–water partition coefficient (Wildman–Crippen LogP) is 4.40. The standard InChI is InChI=1S/C22H27N3OS.2ClH/c23-18-9-10-19-17(15-18)7-4-8-20(19)24-22(26)21(16-5-2-1-3-6-16)25-11-13-27-14-12-25;;/h1-3,5-6,9-10,15,20-21H,4,7-8,11-14,23H2,(H,24,26);2*1H. The van der Waals surface area contributed by atoms with Gasteiger partial charge in [-0.15, -0.1) is 24.8 Å². The molecule has 4 rings (SSSR count). The molecule has 1 heterocycles. The number of carbonyl (C=O) groups is 1. The average molecular weight is 454 g/mol. The Morgan fingerprint density at radius 1 is 1.10 bits per heavy atom. The molecule has 1 amide bonds. The van der Waals surface area contributed by atoms with Crippen LogP contribution in [0.4, 0.5) is 5.69 Å². The minimum absolute atomic E-state index is 0. The van der Waals surface area contributed by atoms with E-state index in [1.165, 1.54) is 11.1 Å². The topological polar surface area (TPSA) is 58.4 Å². The highest BCUT2D eigenvalue weighted by Crippen LogP contribution is 2.32. The van der Waals surface area contributed by atoms with Crippen LogP contribution in [0.3, 0.4) is 0 Å². The number of aryl methyl sites for hydroxylation is 1. The summed E-state index contributed by atoms with van der Waals surface area (Å²) in [6.45, 7) is 1.91. The van der Waals surface area contributed by atoms with Crippen LogP contribution in [0.2, 0.25) is 0 Å². The molecule has 2 aromatic carbocycles. The van der Waals surface area contributed by atoms with Crippen LogP contribution >= 0.6 is 36.6 Å². The van der Waals surface area contributed by atoms with Gasteiger partial charge in [0.25, 0.3) is 0 Å². The van der Waals surface area contributed by atoms with Crippen LogP contribution in [0.15, 0.2) is 48.5 Å². The monoisotopic (exact) mass is 453 g/mol. The molecule has 158 valence electrons. The number of thioether (sulfide) groups is 1. The van der Waals surface area contributed by atoms with E-state index in [1.54, 1.807) is 0 Å². The molecule has 2 unspecified atom stereocenters. The van der Waals surface area contributed by atoms with E-state index in [9.17, 15) is 4.79 Å². The van der Waals surface area contributed by atoms with E-state index in [0.29, 0.717) is 0 Å². The summed E-state index contributed by atoms with van der Waals surface area (Å²) in [6.07, 6.45) is 3.11. The fourth-order valence-corrected chi connectivity index (χ4v) is 5.17. The maximum absolute atomic E-state index is 13.4. The van der Waals surface area contributed by atoms with Gasteiger partial charge in [-0.1, -0.05) is 36.4 Å². The zero-order valence-corrected chi connectivity index (χ0v) is 18.8. The summed E-state index contributed by atoms with van der Waals surface area (Å²) in [5.74, 6) is 2.28. The highest BCUT2D eigenvalue weighted by molar-refractivity contribution is 7.99. The second-order valence-electron chi connectivity index (χ2n) is 7.37. The van der Waals surface area contributed by atoms with Gasteiger partial charge in [-0.2, -0.15) is 11.8 Å². The number of hydrogen-bond acceptors (Lipinski definition) is 4. The predicted molar refractivity (Wildman–Crippen MR) is 127 cm³/mol. The lowest BCUT2D eigenvalue weighted by Gasteiger charge is -2.35. The lowest BCUT2D eigenvalue weighted by Crippen LogP contribution is -2.45. The molecule has 0 bridgehead atoms. The first-order chi connectivity index (χ1) is 13.2. The van der Waals surface area contributed by atoms with Crippen LogP contribution < -0.4 is 11.1 Å². The molecule has 1 aliphatic heterocycles.